The molecule has 0 amide bonds. The van der Waals surface area contributed by atoms with Crippen LogP contribution in [-0.4, -0.2) is 47.4 Å². The van der Waals surface area contributed by atoms with Gasteiger partial charge in [0.15, 0.2) is 5.78 Å². The summed E-state index contributed by atoms with van der Waals surface area (Å²) in [6.07, 6.45) is 4.56. The molecular formula is C22H37FO3S. The third-order valence-corrected chi connectivity index (χ3v) is 10.2. The van der Waals surface area contributed by atoms with Gasteiger partial charge in [0.05, 0.1) is 23.6 Å². The summed E-state index contributed by atoms with van der Waals surface area (Å²) in [5, 5.41) is 11.5. The molecule has 3 nitrogen and oxygen atoms in total. The number of ketones is 1. The van der Waals surface area contributed by atoms with Crippen LogP contribution in [0.5, 0.6) is 0 Å². The molecule has 2 bridgehead atoms. The number of methoxy groups -OCH3 is 1. The molecule has 0 aliphatic heterocycles. The minimum atomic E-state index is -0.643. The van der Waals surface area contributed by atoms with E-state index in [1.54, 1.807) is 18.9 Å². The smallest absolute Gasteiger partial charge is 0.152 e. The first-order valence-electron chi connectivity index (χ1n) is 10.6. The van der Waals surface area contributed by atoms with E-state index in [-0.39, 0.29) is 41.2 Å². The van der Waals surface area contributed by atoms with Crippen LogP contribution < -0.4 is 0 Å². The van der Waals surface area contributed by atoms with Crippen LogP contribution in [-0.2, 0) is 9.53 Å². The molecule has 3 saturated carbocycles. The van der Waals surface area contributed by atoms with Crippen molar-refractivity contribution in [3.05, 3.63) is 0 Å². The van der Waals surface area contributed by atoms with Gasteiger partial charge in [-0.25, -0.2) is 0 Å². The van der Waals surface area contributed by atoms with E-state index in [9.17, 15) is 14.3 Å². The molecule has 2 unspecified atom stereocenters. The van der Waals surface area contributed by atoms with Gasteiger partial charge in [-0.15, -0.1) is 11.8 Å². The summed E-state index contributed by atoms with van der Waals surface area (Å²) >= 11 is 1.56. The van der Waals surface area contributed by atoms with Crippen molar-refractivity contribution in [3.63, 3.8) is 0 Å². The number of Topliss-reactive ketones (excluding diaryl/α,β-unsaturated/α-hetero) is 1. The first-order chi connectivity index (χ1) is 12.7. The number of carbonyl (C=O) groups excluding carboxylic acids is 1. The number of ether oxygens (including phenoxy) is 1. The zero-order chi connectivity index (χ0) is 20.0. The molecule has 0 aromatic heterocycles. The Morgan fingerprint density at radius 3 is 2.56 bits per heavy atom. The number of aliphatic hydroxyl groups is 1. The minimum Gasteiger partial charge on any atom is -0.392 e. The normalized spacial score (nSPS) is 50.2. The molecule has 5 heteroatoms. The third-order valence-electron chi connectivity index (χ3n) is 8.74. The van der Waals surface area contributed by atoms with Crippen LogP contribution in [0.1, 0.15) is 66.2 Å². The molecule has 0 aromatic rings. The van der Waals surface area contributed by atoms with Gasteiger partial charge in [0.25, 0.3) is 0 Å². The molecule has 3 aliphatic rings. The molecule has 0 heterocycles. The fourth-order valence-electron chi connectivity index (χ4n) is 6.89. The second-order valence-electron chi connectivity index (χ2n) is 9.76. The Balaban J connectivity index is 2.07. The van der Waals surface area contributed by atoms with Gasteiger partial charge in [-0.1, -0.05) is 20.8 Å². The van der Waals surface area contributed by atoms with Crippen molar-refractivity contribution in [3.8, 4) is 0 Å². The lowest BCUT2D eigenvalue weighted by Gasteiger charge is -2.61. The zero-order valence-electron chi connectivity index (χ0n) is 17.6. The molecule has 27 heavy (non-hydrogen) atoms. The lowest BCUT2D eigenvalue weighted by Crippen LogP contribution is -2.63. The standard InChI is InChI=1S/C22H37FO3S/c1-14-7-9-22-10-8-16(26-5)18(22)21(14,4)17(24)13-20(3,19(25)15(22)2)27-12-6-11-23/h14-18,24H,6-13H2,1-5H3/t14-,15+,16-,17-,18?,20-,21+,22?/m1/s1. The van der Waals surface area contributed by atoms with Crippen molar-refractivity contribution in [2.75, 3.05) is 19.5 Å². The van der Waals surface area contributed by atoms with Gasteiger partial charge in [0.2, 0.25) is 0 Å². The Kier molecular flexibility index (Phi) is 6.08. The average Bonchev–Trinajstić information content (AvgIpc) is 3.04. The van der Waals surface area contributed by atoms with E-state index in [2.05, 4.69) is 20.8 Å². The summed E-state index contributed by atoms with van der Waals surface area (Å²) in [4.78, 5) is 13.7. The largest absolute Gasteiger partial charge is 0.392 e. The van der Waals surface area contributed by atoms with Crippen molar-refractivity contribution >= 4 is 17.5 Å². The number of halogens is 1. The number of alkyl halides is 1. The molecule has 1 N–H and O–H groups in total. The molecule has 3 aliphatic carbocycles. The predicted octanol–water partition coefficient (Wildman–Crippen LogP) is 4.66. The summed E-state index contributed by atoms with van der Waals surface area (Å²) in [7, 11) is 1.78. The molecule has 3 rings (SSSR count). The highest BCUT2D eigenvalue weighted by atomic mass is 32.2. The van der Waals surface area contributed by atoms with Gasteiger partial charge < -0.3 is 9.84 Å². The Morgan fingerprint density at radius 1 is 1.26 bits per heavy atom. The van der Waals surface area contributed by atoms with Crippen molar-refractivity contribution in [2.24, 2.45) is 28.6 Å². The maximum absolute atomic E-state index is 13.7. The maximum atomic E-state index is 13.7. The summed E-state index contributed by atoms with van der Waals surface area (Å²) < 4.78 is 17.9. The van der Waals surface area contributed by atoms with Gasteiger partial charge in [0, 0.05) is 18.4 Å². The van der Waals surface area contributed by atoms with E-state index in [4.69, 9.17) is 4.74 Å². The van der Waals surface area contributed by atoms with Crippen LogP contribution in [0.25, 0.3) is 0 Å². The topological polar surface area (TPSA) is 46.5 Å². The number of carbonyl (C=O) groups is 1. The molecular weight excluding hydrogens is 363 g/mol. The number of aliphatic hydroxyl groups excluding tert-OH is 1. The molecule has 0 saturated heterocycles. The zero-order valence-corrected chi connectivity index (χ0v) is 18.4. The monoisotopic (exact) mass is 400 g/mol. The third kappa shape index (κ3) is 3.11. The van der Waals surface area contributed by atoms with Crippen molar-refractivity contribution in [1.29, 1.82) is 0 Å². The van der Waals surface area contributed by atoms with E-state index >= 15 is 0 Å². The van der Waals surface area contributed by atoms with Gasteiger partial charge in [-0.3, -0.25) is 9.18 Å². The van der Waals surface area contributed by atoms with Crippen LogP contribution in [0.4, 0.5) is 4.39 Å². The lowest BCUT2D eigenvalue weighted by atomic mass is 9.45. The maximum Gasteiger partial charge on any atom is 0.152 e. The summed E-state index contributed by atoms with van der Waals surface area (Å²) in [5.41, 5.74) is -0.339. The van der Waals surface area contributed by atoms with Crippen molar-refractivity contribution in [1.82, 2.24) is 0 Å². The quantitative estimate of drug-likeness (QED) is 0.682. The van der Waals surface area contributed by atoms with Gasteiger partial charge in [0.1, 0.15) is 0 Å². The summed E-state index contributed by atoms with van der Waals surface area (Å²) in [5.74, 6) is 1.44. The van der Waals surface area contributed by atoms with E-state index in [0.717, 1.165) is 25.7 Å². The number of hydrogen-bond acceptors (Lipinski definition) is 4. The number of thioether (sulfide) groups is 1. The van der Waals surface area contributed by atoms with E-state index in [1.165, 1.54) is 0 Å². The van der Waals surface area contributed by atoms with Crippen LogP contribution in [0.2, 0.25) is 0 Å². The SMILES string of the molecule is CO[C@@H]1CCC23CC[C@@H](C)[C@](C)(C12)[C@H](O)C[C@@](C)(SCCCF)C(=O)[C@@H]3C. The summed E-state index contributed by atoms with van der Waals surface area (Å²) in [6.45, 7) is 8.26. The second-order valence-corrected chi connectivity index (χ2v) is 11.4. The van der Waals surface area contributed by atoms with Crippen molar-refractivity contribution < 1.29 is 19.0 Å². The van der Waals surface area contributed by atoms with Crippen molar-refractivity contribution in [2.45, 2.75) is 83.2 Å². The number of rotatable bonds is 5. The Labute approximate surface area is 168 Å². The predicted molar refractivity (Wildman–Crippen MR) is 109 cm³/mol. The fourth-order valence-corrected chi connectivity index (χ4v) is 8.19. The highest BCUT2D eigenvalue weighted by molar-refractivity contribution is 8.01. The average molecular weight is 401 g/mol. The van der Waals surface area contributed by atoms with Gasteiger partial charge in [-0.05, 0) is 68.5 Å². The first kappa shape index (κ1) is 21.6. The summed E-state index contributed by atoms with van der Waals surface area (Å²) in [6, 6.07) is 0. The first-order valence-corrected chi connectivity index (χ1v) is 11.6. The molecule has 3 fully saturated rings. The molecule has 8 atom stereocenters. The molecule has 0 spiro atoms. The van der Waals surface area contributed by atoms with Crippen LogP contribution >= 0.6 is 11.8 Å². The highest BCUT2D eigenvalue weighted by Crippen LogP contribution is 2.68. The molecule has 0 radical (unpaired) electrons. The fraction of sp³-hybridized carbons (Fsp3) is 0.955. The lowest BCUT2D eigenvalue weighted by molar-refractivity contribution is -0.182. The second kappa shape index (κ2) is 7.60. The number of hydrogen-bond donors (Lipinski definition) is 1. The van der Waals surface area contributed by atoms with E-state index in [0.29, 0.717) is 24.5 Å². The Bertz CT molecular complexity index is 572. The van der Waals surface area contributed by atoms with Gasteiger partial charge in [-0.2, -0.15) is 0 Å². The highest BCUT2D eigenvalue weighted by Gasteiger charge is 2.67. The van der Waals surface area contributed by atoms with Crippen LogP contribution in [0.15, 0.2) is 0 Å². The molecule has 156 valence electrons. The Morgan fingerprint density at radius 2 is 1.93 bits per heavy atom. The van der Waals surface area contributed by atoms with Crippen LogP contribution in [0.3, 0.4) is 0 Å². The Hall–Kier alpha value is -0.130. The van der Waals surface area contributed by atoms with Gasteiger partial charge >= 0.3 is 0 Å². The van der Waals surface area contributed by atoms with Crippen LogP contribution in [0, 0.1) is 28.6 Å². The van der Waals surface area contributed by atoms with E-state index in [1.807, 2.05) is 6.92 Å². The minimum absolute atomic E-state index is 0.0511. The molecule has 0 aromatic carbocycles. The van der Waals surface area contributed by atoms with E-state index < -0.39 is 10.9 Å².